The Balaban J connectivity index is 3.39. The van der Waals surface area contributed by atoms with Crippen molar-refractivity contribution in [1.29, 1.82) is 0 Å². The second kappa shape index (κ2) is 4.58. The number of halogens is 4. The molecule has 0 saturated heterocycles. The van der Waals surface area contributed by atoms with Crippen LogP contribution in [0.2, 0.25) is 0 Å². The van der Waals surface area contributed by atoms with E-state index in [1.807, 2.05) is 0 Å². The number of alkyl halides is 3. The SMILES string of the molecule is Cc1cc(C(C(F)(F)F)S(N)(=O)=O)ccc1Br. The van der Waals surface area contributed by atoms with E-state index in [4.69, 9.17) is 0 Å². The Morgan fingerprint density at radius 2 is 1.88 bits per heavy atom. The first-order chi connectivity index (χ1) is 7.53. The summed E-state index contributed by atoms with van der Waals surface area (Å²) in [6, 6.07) is 3.58. The molecule has 0 radical (unpaired) electrons. The molecule has 1 rings (SSSR count). The van der Waals surface area contributed by atoms with Crippen molar-refractivity contribution in [2.24, 2.45) is 5.14 Å². The molecule has 0 aliphatic rings. The Bertz CT molecular complexity index is 528. The molecule has 0 bridgehead atoms. The third-order valence-corrected chi connectivity index (χ3v) is 4.20. The highest BCUT2D eigenvalue weighted by molar-refractivity contribution is 9.10. The molecule has 0 heterocycles. The Kier molecular flexibility index (Phi) is 3.90. The smallest absolute Gasteiger partial charge is 0.228 e. The molecular formula is C9H9BrF3NO2S. The van der Waals surface area contributed by atoms with Crippen LogP contribution >= 0.6 is 15.9 Å². The number of sulfonamides is 1. The van der Waals surface area contributed by atoms with E-state index in [9.17, 15) is 21.6 Å². The molecule has 1 aromatic carbocycles. The molecule has 0 amide bonds. The van der Waals surface area contributed by atoms with E-state index in [1.54, 1.807) is 6.92 Å². The van der Waals surface area contributed by atoms with Gasteiger partial charge in [-0.2, -0.15) is 13.2 Å². The van der Waals surface area contributed by atoms with Gasteiger partial charge in [0, 0.05) is 4.47 Å². The maximum absolute atomic E-state index is 12.7. The van der Waals surface area contributed by atoms with Gasteiger partial charge in [0.2, 0.25) is 10.0 Å². The van der Waals surface area contributed by atoms with Gasteiger partial charge < -0.3 is 0 Å². The van der Waals surface area contributed by atoms with E-state index < -0.39 is 21.4 Å². The largest absolute Gasteiger partial charge is 0.410 e. The van der Waals surface area contributed by atoms with Gasteiger partial charge in [0.15, 0.2) is 5.25 Å². The lowest BCUT2D eigenvalue weighted by Gasteiger charge is -2.19. The van der Waals surface area contributed by atoms with Crippen LogP contribution in [0.4, 0.5) is 13.2 Å². The number of hydrogen-bond acceptors (Lipinski definition) is 2. The molecular weight excluding hydrogens is 323 g/mol. The summed E-state index contributed by atoms with van der Waals surface area (Å²) in [6.45, 7) is 1.56. The third kappa shape index (κ3) is 3.43. The summed E-state index contributed by atoms with van der Waals surface area (Å²) in [5, 5.41) is 1.93. The van der Waals surface area contributed by atoms with Gasteiger partial charge in [-0.25, -0.2) is 13.6 Å². The van der Waals surface area contributed by atoms with E-state index >= 15 is 0 Å². The van der Waals surface area contributed by atoms with Crippen molar-refractivity contribution < 1.29 is 21.6 Å². The fourth-order valence-electron chi connectivity index (χ4n) is 1.40. The molecule has 0 aromatic heterocycles. The predicted octanol–water partition coefficient (Wildman–Crippen LogP) is 2.65. The van der Waals surface area contributed by atoms with Crippen molar-refractivity contribution in [3.05, 3.63) is 33.8 Å². The van der Waals surface area contributed by atoms with Gasteiger partial charge in [-0.3, -0.25) is 0 Å². The van der Waals surface area contributed by atoms with E-state index in [0.29, 0.717) is 10.0 Å². The zero-order valence-electron chi connectivity index (χ0n) is 8.62. The summed E-state index contributed by atoms with van der Waals surface area (Å²) in [5.41, 5.74) is 0.112. The molecule has 0 saturated carbocycles. The zero-order valence-corrected chi connectivity index (χ0v) is 11.0. The quantitative estimate of drug-likeness (QED) is 0.905. The zero-order chi connectivity index (χ0) is 13.4. The number of rotatable bonds is 2. The van der Waals surface area contributed by atoms with Gasteiger partial charge in [-0.15, -0.1) is 0 Å². The van der Waals surface area contributed by atoms with Crippen molar-refractivity contribution in [3.63, 3.8) is 0 Å². The lowest BCUT2D eigenvalue weighted by atomic mass is 10.1. The van der Waals surface area contributed by atoms with Crippen molar-refractivity contribution in [1.82, 2.24) is 0 Å². The Morgan fingerprint density at radius 3 is 2.24 bits per heavy atom. The van der Waals surface area contributed by atoms with Crippen molar-refractivity contribution in [3.8, 4) is 0 Å². The maximum Gasteiger partial charge on any atom is 0.410 e. The molecule has 96 valence electrons. The molecule has 0 aliphatic heterocycles. The van der Waals surface area contributed by atoms with Gasteiger partial charge in [0.1, 0.15) is 0 Å². The van der Waals surface area contributed by atoms with Crippen molar-refractivity contribution in [2.75, 3.05) is 0 Å². The summed E-state index contributed by atoms with van der Waals surface area (Å²) in [5.74, 6) is 0. The first-order valence-electron chi connectivity index (χ1n) is 4.38. The van der Waals surface area contributed by atoms with Crippen LogP contribution in [0.15, 0.2) is 22.7 Å². The summed E-state index contributed by atoms with van der Waals surface area (Å²) < 4.78 is 60.6. The second-order valence-electron chi connectivity index (χ2n) is 3.52. The van der Waals surface area contributed by atoms with E-state index in [0.717, 1.165) is 12.1 Å². The highest BCUT2D eigenvalue weighted by Crippen LogP contribution is 2.38. The highest BCUT2D eigenvalue weighted by atomic mass is 79.9. The fraction of sp³-hybridized carbons (Fsp3) is 0.333. The van der Waals surface area contributed by atoms with E-state index in [-0.39, 0.29) is 5.56 Å². The predicted molar refractivity (Wildman–Crippen MR) is 60.8 cm³/mol. The number of benzene rings is 1. The maximum atomic E-state index is 12.7. The molecule has 1 atom stereocenters. The average Bonchev–Trinajstić information content (AvgIpc) is 2.06. The summed E-state index contributed by atoms with van der Waals surface area (Å²) in [6.07, 6.45) is -4.94. The minimum Gasteiger partial charge on any atom is -0.228 e. The monoisotopic (exact) mass is 331 g/mol. The highest BCUT2D eigenvalue weighted by Gasteiger charge is 2.48. The van der Waals surface area contributed by atoms with Gasteiger partial charge in [0.25, 0.3) is 0 Å². The van der Waals surface area contributed by atoms with Gasteiger partial charge in [-0.05, 0) is 24.1 Å². The lowest BCUT2D eigenvalue weighted by molar-refractivity contribution is -0.131. The molecule has 0 aliphatic carbocycles. The van der Waals surface area contributed by atoms with Crippen molar-refractivity contribution >= 4 is 26.0 Å². The Labute approximate surface area is 105 Å². The first kappa shape index (κ1) is 14.5. The van der Waals surface area contributed by atoms with Crippen LogP contribution in [0.3, 0.4) is 0 Å². The number of hydrogen-bond donors (Lipinski definition) is 1. The normalized spacial score (nSPS) is 14.7. The topological polar surface area (TPSA) is 60.2 Å². The van der Waals surface area contributed by atoms with Gasteiger partial charge in [0.05, 0.1) is 0 Å². The minimum atomic E-state index is -4.94. The molecule has 3 nitrogen and oxygen atoms in total. The van der Waals surface area contributed by atoms with Crippen LogP contribution in [0.1, 0.15) is 16.4 Å². The number of nitrogens with two attached hydrogens (primary N) is 1. The lowest BCUT2D eigenvalue weighted by Crippen LogP contribution is -2.33. The van der Waals surface area contributed by atoms with Crippen LogP contribution < -0.4 is 5.14 Å². The summed E-state index contributed by atoms with van der Waals surface area (Å²) in [7, 11) is -4.75. The average molecular weight is 332 g/mol. The van der Waals surface area contributed by atoms with Crippen LogP contribution in [-0.4, -0.2) is 14.6 Å². The standard InChI is InChI=1S/C9H9BrF3NO2S/c1-5-4-6(2-3-7(5)10)8(9(11,12)13)17(14,15)16/h2-4,8H,1H3,(H2,14,15,16). The molecule has 1 aromatic rings. The molecule has 1 unspecified atom stereocenters. The molecule has 17 heavy (non-hydrogen) atoms. The van der Waals surface area contributed by atoms with Gasteiger partial charge in [-0.1, -0.05) is 28.1 Å². The number of aryl methyl sites for hydroxylation is 1. The minimum absolute atomic E-state index is 0.388. The van der Waals surface area contributed by atoms with Crippen molar-refractivity contribution in [2.45, 2.75) is 18.3 Å². The van der Waals surface area contributed by atoms with Crippen LogP contribution in [-0.2, 0) is 10.0 Å². The fourth-order valence-corrected chi connectivity index (χ4v) is 2.54. The Hall–Kier alpha value is -0.600. The number of primary sulfonamides is 1. The second-order valence-corrected chi connectivity index (χ2v) is 6.02. The van der Waals surface area contributed by atoms with Gasteiger partial charge >= 0.3 is 6.18 Å². The summed E-state index contributed by atoms with van der Waals surface area (Å²) >= 11 is 3.12. The third-order valence-electron chi connectivity index (χ3n) is 2.11. The van der Waals surface area contributed by atoms with Crippen LogP contribution in [0.25, 0.3) is 0 Å². The molecule has 8 heteroatoms. The molecule has 0 fully saturated rings. The molecule has 2 N–H and O–H groups in total. The van der Waals surface area contributed by atoms with Crippen LogP contribution in [0, 0.1) is 6.92 Å². The van der Waals surface area contributed by atoms with E-state index in [1.165, 1.54) is 6.07 Å². The Morgan fingerprint density at radius 1 is 1.35 bits per heavy atom. The molecule has 0 spiro atoms. The summed E-state index contributed by atoms with van der Waals surface area (Å²) in [4.78, 5) is 0. The van der Waals surface area contributed by atoms with E-state index in [2.05, 4.69) is 21.1 Å². The first-order valence-corrected chi connectivity index (χ1v) is 6.78. The van der Waals surface area contributed by atoms with Crippen LogP contribution in [0.5, 0.6) is 0 Å².